The predicted molar refractivity (Wildman–Crippen MR) is 57.7 cm³/mol. The lowest BCUT2D eigenvalue weighted by Crippen LogP contribution is -2.41. The molecule has 0 bridgehead atoms. The lowest BCUT2D eigenvalue weighted by atomic mass is 9.78. The van der Waals surface area contributed by atoms with Crippen LogP contribution in [0.3, 0.4) is 0 Å². The molecule has 0 heterocycles. The molecule has 5 heteroatoms. The van der Waals surface area contributed by atoms with Crippen LogP contribution in [-0.4, -0.2) is 24.3 Å². The second kappa shape index (κ2) is 4.16. The Morgan fingerprint density at radius 1 is 1.29 bits per heavy atom. The largest absolute Gasteiger partial charge is 0.326 e. The van der Waals surface area contributed by atoms with Gasteiger partial charge in [-0.2, -0.15) is 8.42 Å². The third-order valence-corrected chi connectivity index (χ3v) is 3.33. The van der Waals surface area contributed by atoms with Gasteiger partial charge in [-0.1, -0.05) is 13.8 Å². The van der Waals surface area contributed by atoms with Gasteiger partial charge in [0.1, 0.15) is 0 Å². The Morgan fingerprint density at radius 2 is 1.71 bits per heavy atom. The predicted octanol–water partition coefficient (Wildman–Crippen LogP) is 1.42. The first-order chi connectivity index (χ1) is 5.97. The highest BCUT2D eigenvalue weighted by atomic mass is 32.2. The molecule has 0 rings (SSSR count). The molecule has 0 aliphatic carbocycles. The molecule has 0 fully saturated rings. The van der Waals surface area contributed by atoms with Crippen molar-refractivity contribution in [3.63, 3.8) is 0 Å². The van der Waals surface area contributed by atoms with Gasteiger partial charge in [-0.05, 0) is 32.1 Å². The molecule has 0 aliphatic heterocycles. The van der Waals surface area contributed by atoms with E-state index in [1.807, 2.05) is 27.7 Å². The molecule has 4 nitrogen and oxygen atoms in total. The molecule has 0 aliphatic rings. The van der Waals surface area contributed by atoms with E-state index in [4.69, 9.17) is 10.3 Å². The van der Waals surface area contributed by atoms with E-state index in [-0.39, 0.29) is 5.75 Å². The van der Waals surface area contributed by atoms with Crippen molar-refractivity contribution < 1.29 is 13.0 Å². The molecule has 1 atom stereocenters. The SMILES string of the molecule is CCC(C)(CC(C)(C)N)CS(=O)(=O)O. The van der Waals surface area contributed by atoms with Crippen molar-refractivity contribution in [3.8, 4) is 0 Å². The summed E-state index contributed by atoms with van der Waals surface area (Å²) in [5.74, 6) is -0.225. The first kappa shape index (κ1) is 13.9. The fourth-order valence-corrected chi connectivity index (χ4v) is 3.01. The van der Waals surface area contributed by atoms with Gasteiger partial charge in [-0.15, -0.1) is 0 Å². The van der Waals surface area contributed by atoms with E-state index in [0.29, 0.717) is 12.8 Å². The Labute approximate surface area is 86.6 Å². The van der Waals surface area contributed by atoms with Crippen molar-refractivity contribution >= 4 is 10.1 Å². The molecule has 0 aromatic rings. The summed E-state index contributed by atoms with van der Waals surface area (Å²) in [5.41, 5.74) is 4.97. The van der Waals surface area contributed by atoms with Gasteiger partial charge in [0.05, 0.1) is 5.75 Å². The summed E-state index contributed by atoms with van der Waals surface area (Å²) in [6.45, 7) is 7.43. The van der Waals surface area contributed by atoms with Crippen LogP contribution in [0.4, 0.5) is 0 Å². The molecular weight excluding hydrogens is 202 g/mol. The molecule has 0 saturated heterocycles. The summed E-state index contributed by atoms with van der Waals surface area (Å²) in [7, 11) is -3.92. The summed E-state index contributed by atoms with van der Waals surface area (Å²) >= 11 is 0. The van der Waals surface area contributed by atoms with E-state index in [1.54, 1.807) is 0 Å². The molecule has 86 valence electrons. The average Bonchev–Trinajstić information content (AvgIpc) is 1.78. The molecule has 0 spiro atoms. The molecule has 14 heavy (non-hydrogen) atoms. The van der Waals surface area contributed by atoms with Gasteiger partial charge in [0.15, 0.2) is 0 Å². The maximum atomic E-state index is 10.8. The highest BCUT2D eigenvalue weighted by Gasteiger charge is 2.32. The van der Waals surface area contributed by atoms with E-state index >= 15 is 0 Å². The van der Waals surface area contributed by atoms with Gasteiger partial charge in [0.25, 0.3) is 10.1 Å². The van der Waals surface area contributed by atoms with Crippen LogP contribution in [0.5, 0.6) is 0 Å². The highest BCUT2D eigenvalue weighted by Crippen LogP contribution is 2.31. The minimum atomic E-state index is -3.92. The van der Waals surface area contributed by atoms with Gasteiger partial charge in [-0.25, -0.2) is 0 Å². The first-order valence-electron chi connectivity index (χ1n) is 4.71. The number of nitrogens with two attached hydrogens (primary N) is 1. The minimum Gasteiger partial charge on any atom is -0.326 e. The number of rotatable bonds is 5. The summed E-state index contributed by atoms with van der Waals surface area (Å²) in [5, 5.41) is 0. The Hall–Kier alpha value is -0.130. The zero-order chi connectivity index (χ0) is 11.6. The molecule has 0 radical (unpaired) electrons. The van der Waals surface area contributed by atoms with Crippen molar-refractivity contribution in [1.29, 1.82) is 0 Å². The fourth-order valence-electron chi connectivity index (χ4n) is 1.82. The molecule has 0 aromatic heterocycles. The number of hydrogen-bond donors (Lipinski definition) is 2. The van der Waals surface area contributed by atoms with Crippen LogP contribution in [0.2, 0.25) is 0 Å². The molecular formula is C9H21NO3S. The van der Waals surface area contributed by atoms with Gasteiger partial charge >= 0.3 is 0 Å². The van der Waals surface area contributed by atoms with Gasteiger partial charge < -0.3 is 5.73 Å². The minimum absolute atomic E-state index is 0.225. The van der Waals surface area contributed by atoms with Gasteiger partial charge in [0, 0.05) is 5.54 Å². The molecule has 0 amide bonds. The molecule has 0 aromatic carbocycles. The van der Waals surface area contributed by atoms with Crippen LogP contribution in [0.25, 0.3) is 0 Å². The van der Waals surface area contributed by atoms with Gasteiger partial charge in [0.2, 0.25) is 0 Å². The second-order valence-electron chi connectivity index (χ2n) is 5.06. The fraction of sp³-hybridized carbons (Fsp3) is 1.00. The topological polar surface area (TPSA) is 80.4 Å². The number of hydrogen-bond acceptors (Lipinski definition) is 3. The first-order valence-corrected chi connectivity index (χ1v) is 6.32. The lowest BCUT2D eigenvalue weighted by Gasteiger charge is -2.33. The summed E-state index contributed by atoms with van der Waals surface area (Å²) in [6, 6.07) is 0. The summed E-state index contributed by atoms with van der Waals surface area (Å²) < 4.78 is 30.4. The maximum Gasteiger partial charge on any atom is 0.265 e. The molecule has 1 unspecified atom stereocenters. The van der Waals surface area contributed by atoms with Crippen LogP contribution in [0.15, 0.2) is 0 Å². The Kier molecular flexibility index (Phi) is 4.12. The normalized spacial score (nSPS) is 17.9. The van der Waals surface area contributed by atoms with Crippen molar-refractivity contribution in [1.82, 2.24) is 0 Å². The molecule has 3 N–H and O–H groups in total. The van der Waals surface area contributed by atoms with E-state index in [2.05, 4.69) is 0 Å². The van der Waals surface area contributed by atoms with E-state index in [1.165, 1.54) is 0 Å². The monoisotopic (exact) mass is 223 g/mol. The Morgan fingerprint density at radius 3 is 1.93 bits per heavy atom. The van der Waals surface area contributed by atoms with Crippen LogP contribution < -0.4 is 5.73 Å². The third-order valence-electron chi connectivity index (χ3n) is 2.27. The summed E-state index contributed by atoms with van der Waals surface area (Å²) in [4.78, 5) is 0. The molecule has 0 saturated carbocycles. The average molecular weight is 223 g/mol. The quantitative estimate of drug-likeness (QED) is 0.691. The van der Waals surface area contributed by atoms with Crippen molar-refractivity contribution in [2.45, 2.75) is 46.1 Å². The Balaban J connectivity index is 4.66. The standard InChI is InChI=1S/C9H21NO3S/c1-5-9(4,6-8(2,3)10)7-14(11,12)13/h5-7,10H2,1-4H3,(H,11,12,13). The third kappa shape index (κ3) is 6.34. The van der Waals surface area contributed by atoms with Crippen LogP contribution in [-0.2, 0) is 10.1 Å². The zero-order valence-corrected chi connectivity index (χ0v) is 10.2. The maximum absolute atomic E-state index is 10.8. The highest BCUT2D eigenvalue weighted by molar-refractivity contribution is 7.85. The van der Waals surface area contributed by atoms with Crippen molar-refractivity contribution in [2.24, 2.45) is 11.1 Å². The van der Waals surface area contributed by atoms with E-state index < -0.39 is 21.1 Å². The van der Waals surface area contributed by atoms with Gasteiger partial charge in [-0.3, -0.25) is 4.55 Å². The van der Waals surface area contributed by atoms with E-state index in [0.717, 1.165) is 0 Å². The van der Waals surface area contributed by atoms with E-state index in [9.17, 15) is 8.42 Å². The lowest BCUT2D eigenvalue weighted by molar-refractivity contribution is 0.249. The summed E-state index contributed by atoms with van der Waals surface area (Å²) in [6.07, 6.45) is 1.24. The van der Waals surface area contributed by atoms with Crippen LogP contribution in [0.1, 0.15) is 40.5 Å². The van der Waals surface area contributed by atoms with Crippen LogP contribution in [0, 0.1) is 5.41 Å². The van der Waals surface area contributed by atoms with Crippen molar-refractivity contribution in [2.75, 3.05) is 5.75 Å². The smallest absolute Gasteiger partial charge is 0.265 e. The zero-order valence-electron chi connectivity index (χ0n) is 9.37. The van der Waals surface area contributed by atoms with Crippen LogP contribution >= 0.6 is 0 Å². The Bertz CT molecular complexity index is 279. The second-order valence-corrected chi connectivity index (χ2v) is 6.51. The van der Waals surface area contributed by atoms with Crippen molar-refractivity contribution in [3.05, 3.63) is 0 Å².